The van der Waals surface area contributed by atoms with Crippen LogP contribution in [-0.2, 0) is 0 Å². The van der Waals surface area contributed by atoms with Crippen molar-refractivity contribution in [3.05, 3.63) is 16.1 Å². The van der Waals surface area contributed by atoms with E-state index >= 15 is 0 Å². The zero-order valence-corrected chi connectivity index (χ0v) is 10.3. The maximum atomic E-state index is 10.9. The van der Waals surface area contributed by atoms with E-state index in [0.29, 0.717) is 5.01 Å². The Hall–Kier alpha value is -0.670. The van der Waals surface area contributed by atoms with E-state index < -0.39 is 28.6 Å². The molecule has 0 bridgehead atoms. The molecule has 17 heavy (non-hydrogen) atoms. The van der Waals surface area contributed by atoms with Crippen molar-refractivity contribution in [2.24, 2.45) is 5.73 Å². The normalized spacial score (nSPS) is 32.9. The predicted octanol–water partition coefficient (Wildman–Crippen LogP) is -0.887. The minimum atomic E-state index is -0.996. The van der Waals surface area contributed by atoms with E-state index in [-0.39, 0.29) is 12.3 Å². The Labute approximate surface area is 105 Å². The molecule has 94 valence electrons. The first-order chi connectivity index (χ1) is 8.04. The van der Waals surface area contributed by atoms with Crippen LogP contribution in [0.2, 0.25) is 0 Å². The molecule has 4 atom stereocenters. The van der Waals surface area contributed by atoms with Crippen LogP contribution < -0.4 is 5.73 Å². The molecule has 1 fully saturated rings. The lowest BCUT2D eigenvalue weighted by atomic mass is 10.1. The number of primary amides is 1. The van der Waals surface area contributed by atoms with Gasteiger partial charge in [0.25, 0.3) is 5.91 Å². The standard InChI is InChI=1S/C9H12N2O4S2/c10-8(15)3-2-16-9(11-3)7-6(14)5(13)4(1-12)17-7/h2,4-7,12-14H,1H2,(H2,10,15)/t4-,5-,6-,7-/m1/s1. The van der Waals surface area contributed by atoms with Crippen LogP contribution in [-0.4, -0.2) is 50.3 Å². The third kappa shape index (κ3) is 2.31. The Balaban J connectivity index is 2.19. The molecule has 1 aromatic rings. The highest BCUT2D eigenvalue weighted by atomic mass is 32.2. The smallest absolute Gasteiger partial charge is 0.268 e. The second kappa shape index (κ2) is 4.91. The summed E-state index contributed by atoms with van der Waals surface area (Å²) < 4.78 is 0. The summed E-state index contributed by atoms with van der Waals surface area (Å²) in [7, 11) is 0. The fraction of sp³-hybridized carbons (Fsp3) is 0.556. The molecule has 8 heteroatoms. The van der Waals surface area contributed by atoms with Gasteiger partial charge in [-0.2, -0.15) is 0 Å². The van der Waals surface area contributed by atoms with Crippen LogP contribution >= 0.6 is 23.1 Å². The minimum Gasteiger partial charge on any atom is -0.395 e. The molecule has 0 aromatic carbocycles. The first-order valence-electron chi connectivity index (χ1n) is 4.92. The number of carbonyl (C=O) groups excluding carboxylic acids is 1. The number of aliphatic hydroxyl groups is 3. The highest BCUT2D eigenvalue weighted by molar-refractivity contribution is 8.00. The maximum absolute atomic E-state index is 10.9. The van der Waals surface area contributed by atoms with Crippen LogP contribution in [0.25, 0.3) is 0 Å². The Morgan fingerprint density at radius 1 is 1.47 bits per heavy atom. The average Bonchev–Trinajstić information content (AvgIpc) is 2.87. The molecule has 1 aliphatic rings. The fourth-order valence-electron chi connectivity index (χ4n) is 1.64. The highest BCUT2D eigenvalue weighted by Crippen LogP contribution is 2.45. The Morgan fingerprint density at radius 2 is 2.18 bits per heavy atom. The number of rotatable bonds is 3. The first-order valence-corrected chi connectivity index (χ1v) is 6.74. The van der Waals surface area contributed by atoms with E-state index in [1.165, 1.54) is 28.5 Å². The van der Waals surface area contributed by atoms with Gasteiger partial charge in [-0.25, -0.2) is 4.98 Å². The number of hydrogen-bond acceptors (Lipinski definition) is 7. The summed E-state index contributed by atoms with van der Waals surface area (Å²) in [6.07, 6.45) is -1.99. The molecular weight excluding hydrogens is 264 g/mol. The van der Waals surface area contributed by atoms with Gasteiger partial charge in [-0.05, 0) is 0 Å². The molecule has 0 spiro atoms. The van der Waals surface area contributed by atoms with Crippen LogP contribution in [0.15, 0.2) is 5.38 Å². The minimum absolute atomic E-state index is 0.153. The SMILES string of the molecule is NC(=O)c1csc([C@@H]2S[C@H](CO)[C@@H](O)[C@H]2O)n1. The van der Waals surface area contributed by atoms with Gasteiger partial charge in [0.2, 0.25) is 0 Å². The van der Waals surface area contributed by atoms with Crippen molar-refractivity contribution in [3.63, 3.8) is 0 Å². The van der Waals surface area contributed by atoms with Gasteiger partial charge in [0, 0.05) is 5.38 Å². The largest absolute Gasteiger partial charge is 0.395 e. The van der Waals surface area contributed by atoms with Crippen LogP contribution in [0.1, 0.15) is 20.7 Å². The molecule has 0 unspecified atom stereocenters. The number of amides is 1. The number of nitrogens with zero attached hydrogens (tertiary/aromatic N) is 1. The third-order valence-electron chi connectivity index (χ3n) is 2.56. The summed E-state index contributed by atoms with van der Waals surface area (Å²) in [4.78, 5) is 14.9. The third-order valence-corrected chi connectivity index (χ3v) is 5.21. The molecule has 5 N–H and O–H groups in total. The molecule has 2 heterocycles. The first kappa shape index (κ1) is 12.8. The zero-order valence-electron chi connectivity index (χ0n) is 8.68. The molecule has 0 radical (unpaired) electrons. The van der Waals surface area contributed by atoms with Gasteiger partial charge in [-0.1, -0.05) is 0 Å². The number of hydrogen-bond donors (Lipinski definition) is 4. The van der Waals surface area contributed by atoms with Crippen molar-refractivity contribution in [2.45, 2.75) is 22.7 Å². The number of aromatic nitrogens is 1. The van der Waals surface area contributed by atoms with E-state index in [4.69, 9.17) is 10.8 Å². The maximum Gasteiger partial charge on any atom is 0.268 e. The fourth-order valence-corrected chi connectivity index (χ4v) is 4.07. The number of thioether (sulfide) groups is 1. The second-order valence-electron chi connectivity index (χ2n) is 3.69. The summed E-state index contributed by atoms with van der Waals surface area (Å²) in [6, 6.07) is 0. The molecule has 1 aliphatic heterocycles. The topological polar surface area (TPSA) is 117 Å². The van der Waals surface area contributed by atoms with Gasteiger partial charge in [0.1, 0.15) is 10.7 Å². The number of nitrogens with two attached hydrogens (primary N) is 1. The van der Waals surface area contributed by atoms with Gasteiger partial charge < -0.3 is 21.1 Å². The van der Waals surface area contributed by atoms with Crippen molar-refractivity contribution < 1.29 is 20.1 Å². The Kier molecular flexibility index (Phi) is 3.69. The summed E-state index contributed by atoms with van der Waals surface area (Å²) in [5.41, 5.74) is 5.24. The van der Waals surface area contributed by atoms with Gasteiger partial charge in [0.15, 0.2) is 0 Å². The number of aliphatic hydroxyl groups excluding tert-OH is 3. The number of thiazole rings is 1. The van der Waals surface area contributed by atoms with Gasteiger partial charge in [-0.15, -0.1) is 23.1 Å². The van der Waals surface area contributed by atoms with Gasteiger partial charge >= 0.3 is 0 Å². The lowest BCUT2D eigenvalue weighted by molar-refractivity contribution is 0.0198. The highest BCUT2D eigenvalue weighted by Gasteiger charge is 2.43. The molecule has 1 amide bonds. The van der Waals surface area contributed by atoms with E-state index in [0.717, 1.165) is 0 Å². The lowest BCUT2D eigenvalue weighted by Crippen LogP contribution is -2.31. The Bertz CT molecular complexity index is 425. The van der Waals surface area contributed by atoms with E-state index in [2.05, 4.69) is 4.98 Å². The molecule has 1 saturated heterocycles. The van der Waals surface area contributed by atoms with Gasteiger partial charge in [0.05, 0.1) is 29.3 Å². The quantitative estimate of drug-likeness (QED) is 0.569. The number of carbonyl (C=O) groups is 1. The van der Waals surface area contributed by atoms with Gasteiger partial charge in [-0.3, -0.25) is 4.79 Å². The van der Waals surface area contributed by atoms with Crippen molar-refractivity contribution >= 4 is 29.0 Å². The Morgan fingerprint density at radius 3 is 2.65 bits per heavy atom. The van der Waals surface area contributed by atoms with Crippen LogP contribution in [0.5, 0.6) is 0 Å². The van der Waals surface area contributed by atoms with Crippen molar-refractivity contribution in [1.82, 2.24) is 4.98 Å². The van der Waals surface area contributed by atoms with E-state index in [9.17, 15) is 15.0 Å². The molecule has 1 aromatic heterocycles. The molecule has 6 nitrogen and oxygen atoms in total. The molecular formula is C9H12N2O4S2. The lowest BCUT2D eigenvalue weighted by Gasteiger charge is -2.13. The second-order valence-corrected chi connectivity index (χ2v) is 5.97. The van der Waals surface area contributed by atoms with Crippen LogP contribution in [0.3, 0.4) is 0 Å². The summed E-state index contributed by atoms with van der Waals surface area (Å²) >= 11 is 2.46. The predicted molar refractivity (Wildman–Crippen MR) is 63.9 cm³/mol. The average molecular weight is 276 g/mol. The summed E-state index contributed by atoms with van der Waals surface area (Å²) in [6.45, 7) is -0.215. The zero-order chi connectivity index (χ0) is 12.6. The summed E-state index contributed by atoms with van der Waals surface area (Å²) in [5.74, 6) is -0.621. The monoisotopic (exact) mass is 276 g/mol. The van der Waals surface area contributed by atoms with E-state index in [1.54, 1.807) is 0 Å². The molecule has 2 rings (SSSR count). The van der Waals surface area contributed by atoms with Crippen molar-refractivity contribution in [2.75, 3.05) is 6.61 Å². The van der Waals surface area contributed by atoms with Crippen molar-refractivity contribution in [3.8, 4) is 0 Å². The summed E-state index contributed by atoms with van der Waals surface area (Å²) in [5, 5.41) is 29.7. The van der Waals surface area contributed by atoms with Crippen LogP contribution in [0, 0.1) is 0 Å². The van der Waals surface area contributed by atoms with E-state index in [1.807, 2.05) is 0 Å². The van der Waals surface area contributed by atoms with Crippen LogP contribution in [0.4, 0.5) is 0 Å². The molecule has 0 saturated carbocycles. The molecule has 0 aliphatic carbocycles. The van der Waals surface area contributed by atoms with Crippen molar-refractivity contribution in [1.29, 1.82) is 0 Å².